The summed E-state index contributed by atoms with van der Waals surface area (Å²) in [4.78, 5) is 34.8. The van der Waals surface area contributed by atoms with E-state index in [9.17, 15) is 14.4 Å². The molecule has 0 aromatic heterocycles. The molecule has 6 nitrogen and oxygen atoms in total. The van der Waals surface area contributed by atoms with Crippen molar-refractivity contribution in [3.05, 3.63) is 131 Å². The summed E-state index contributed by atoms with van der Waals surface area (Å²) >= 11 is 0. The molecule has 0 spiro atoms. The Morgan fingerprint density at radius 2 is 1.24 bits per heavy atom. The summed E-state index contributed by atoms with van der Waals surface area (Å²) in [5, 5.41) is 5.66. The predicted molar refractivity (Wildman–Crippen MR) is 162 cm³/mol. The highest BCUT2D eigenvalue weighted by Crippen LogP contribution is 2.44. The Bertz CT molecular complexity index is 1390. The lowest BCUT2D eigenvalue weighted by Crippen LogP contribution is -2.38. The molecule has 0 aliphatic heterocycles. The smallest absolute Gasteiger partial charge is 0.407 e. The molecule has 0 saturated heterocycles. The summed E-state index contributed by atoms with van der Waals surface area (Å²) in [6.07, 6.45) is 1.38. The maximum Gasteiger partial charge on any atom is 0.407 e. The Morgan fingerprint density at radius 3 is 1.73 bits per heavy atom. The first-order chi connectivity index (χ1) is 20.0. The van der Waals surface area contributed by atoms with Crippen LogP contribution in [-0.2, 0) is 27.2 Å². The van der Waals surface area contributed by atoms with Gasteiger partial charge in [-0.3, -0.25) is 4.79 Å². The lowest BCUT2D eigenvalue weighted by atomic mass is 9.98. The van der Waals surface area contributed by atoms with E-state index in [-0.39, 0.29) is 24.3 Å². The van der Waals surface area contributed by atoms with Crippen LogP contribution in [0.1, 0.15) is 35.1 Å². The summed E-state index contributed by atoms with van der Waals surface area (Å²) in [6, 6.07) is 35.3. The number of ketones is 1. The molecular formula is C35H36N2O4. The van der Waals surface area contributed by atoms with Crippen LogP contribution in [-0.4, -0.2) is 43.9 Å². The molecule has 2 N–H and O–H groups in total. The molecular weight excluding hydrogens is 512 g/mol. The van der Waals surface area contributed by atoms with E-state index in [1.54, 1.807) is 6.92 Å². The standard InChI is InChI=1S/C24H21NO3.C11H15NO/c26-15-18(14-17-8-2-1-3-9-17)25-24(27)28-16-23-21-12-6-4-10-19(21)20-11-5-7-13-22(20)23;1-9(13)11(12-2)8-10-6-4-3-5-7-10/h1-13,15,18,23H,14,16H2,(H,25,27);3-7,11-12H,8H2,1-2H3/t18-;11-/m10/s1. The average Bonchev–Trinajstić information content (AvgIpc) is 3.33. The van der Waals surface area contributed by atoms with Crippen LogP contribution >= 0.6 is 0 Å². The Kier molecular flexibility index (Phi) is 10.6. The number of carbonyl (C=O) groups is 3. The summed E-state index contributed by atoms with van der Waals surface area (Å²) in [5.41, 5.74) is 6.86. The highest BCUT2D eigenvalue weighted by atomic mass is 16.5. The Balaban J connectivity index is 0.000000251. The number of ether oxygens (including phenoxy) is 1. The van der Waals surface area contributed by atoms with E-state index in [2.05, 4.69) is 34.9 Å². The SMILES string of the molecule is CN[C@@H](Cc1ccccc1)C(C)=O.O=C[C@@H](Cc1ccccc1)NC(=O)OCC1c2ccccc2-c2ccccc21. The van der Waals surface area contributed by atoms with Crippen molar-refractivity contribution in [1.82, 2.24) is 10.6 Å². The zero-order chi connectivity index (χ0) is 29.0. The summed E-state index contributed by atoms with van der Waals surface area (Å²) < 4.78 is 5.50. The number of rotatable bonds is 10. The number of hydrogen-bond donors (Lipinski definition) is 2. The van der Waals surface area contributed by atoms with Gasteiger partial charge in [0.1, 0.15) is 18.7 Å². The van der Waals surface area contributed by atoms with Gasteiger partial charge in [0.25, 0.3) is 0 Å². The number of alkyl carbamates (subject to hydrolysis) is 1. The van der Waals surface area contributed by atoms with E-state index in [0.29, 0.717) is 6.42 Å². The maximum atomic E-state index is 12.3. The van der Waals surface area contributed by atoms with Crippen molar-refractivity contribution in [2.45, 2.75) is 37.8 Å². The number of carbonyl (C=O) groups excluding carboxylic acids is 3. The molecule has 210 valence electrons. The van der Waals surface area contributed by atoms with Crippen LogP contribution in [0.5, 0.6) is 0 Å². The van der Waals surface area contributed by atoms with Crippen LogP contribution < -0.4 is 10.6 Å². The molecule has 0 heterocycles. The Morgan fingerprint density at radius 1 is 0.756 bits per heavy atom. The third kappa shape index (κ3) is 7.99. The van der Waals surface area contributed by atoms with Gasteiger partial charge in [0.2, 0.25) is 0 Å². The number of amides is 1. The molecule has 4 aromatic carbocycles. The van der Waals surface area contributed by atoms with Gasteiger partial charge in [0.15, 0.2) is 0 Å². The second kappa shape index (κ2) is 14.7. The van der Waals surface area contributed by atoms with Crippen LogP contribution in [0.15, 0.2) is 109 Å². The number of Topliss-reactive ketones (excluding diaryl/α,β-unsaturated/α-hetero) is 1. The van der Waals surface area contributed by atoms with Crippen molar-refractivity contribution < 1.29 is 19.1 Å². The molecule has 5 rings (SSSR count). The normalized spacial score (nSPS) is 13.0. The minimum atomic E-state index is -0.613. The van der Waals surface area contributed by atoms with Crippen molar-refractivity contribution in [2.24, 2.45) is 0 Å². The first-order valence-corrected chi connectivity index (χ1v) is 13.8. The number of hydrogen-bond acceptors (Lipinski definition) is 5. The second-order valence-corrected chi connectivity index (χ2v) is 10.0. The van der Waals surface area contributed by atoms with Crippen molar-refractivity contribution in [3.63, 3.8) is 0 Å². The quantitative estimate of drug-likeness (QED) is 0.247. The highest BCUT2D eigenvalue weighted by Gasteiger charge is 2.29. The van der Waals surface area contributed by atoms with Crippen LogP contribution in [0.3, 0.4) is 0 Å². The molecule has 2 atom stereocenters. The third-order valence-corrected chi connectivity index (χ3v) is 7.23. The summed E-state index contributed by atoms with van der Waals surface area (Å²) in [6.45, 7) is 1.85. The molecule has 1 aliphatic carbocycles. The molecule has 0 radical (unpaired) electrons. The van der Waals surface area contributed by atoms with Gasteiger partial charge in [0.05, 0.1) is 12.1 Å². The molecule has 0 saturated carbocycles. The number of benzene rings is 4. The van der Waals surface area contributed by atoms with Crippen LogP contribution in [0.4, 0.5) is 4.79 Å². The molecule has 4 aromatic rings. The number of likely N-dealkylation sites (N-methyl/N-ethyl adjacent to an activating group) is 1. The number of fused-ring (bicyclic) bond motifs is 3. The molecule has 0 fully saturated rings. The van der Waals surface area contributed by atoms with Gasteiger partial charge < -0.3 is 20.2 Å². The monoisotopic (exact) mass is 548 g/mol. The minimum absolute atomic E-state index is 0.00181. The second-order valence-electron chi connectivity index (χ2n) is 10.0. The molecule has 1 amide bonds. The highest BCUT2D eigenvalue weighted by molar-refractivity contribution is 5.81. The fourth-order valence-electron chi connectivity index (χ4n) is 5.09. The summed E-state index contributed by atoms with van der Waals surface area (Å²) in [5.74, 6) is 0.188. The first kappa shape index (κ1) is 29.4. The fraction of sp³-hybridized carbons (Fsp3) is 0.229. The maximum absolute atomic E-state index is 12.3. The number of aldehydes is 1. The lowest BCUT2D eigenvalue weighted by Gasteiger charge is -2.16. The largest absolute Gasteiger partial charge is 0.449 e. The van der Waals surface area contributed by atoms with Crippen molar-refractivity contribution in [1.29, 1.82) is 0 Å². The van der Waals surface area contributed by atoms with Gasteiger partial charge in [-0.15, -0.1) is 0 Å². The first-order valence-electron chi connectivity index (χ1n) is 13.8. The molecule has 1 aliphatic rings. The van der Waals surface area contributed by atoms with E-state index in [4.69, 9.17) is 4.74 Å². The van der Waals surface area contributed by atoms with Crippen molar-refractivity contribution in [3.8, 4) is 11.1 Å². The van der Waals surface area contributed by atoms with Crippen molar-refractivity contribution >= 4 is 18.2 Å². The van der Waals surface area contributed by atoms with Gasteiger partial charge in [-0.25, -0.2) is 4.79 Å². The average molecular weight is 549 g/mol. The zero-order valence-corrected chi connectivity index (χ0v) is 23.5. The van der Waals surface area contributed by atoms with E-state index < -0.39 is 12.1 Å². The fourth-order valence-corrected chi connectivity index (χ4v) is 5.09. The Labute approximate surface area is 241 Å². The predicted octanol–water partition coefficient (Wildman–Crippen LogP) is 5.74. The van der Waals surface area contributed by atoms with Crippen LogP contribution in [0.2, 0.25) is 0 Å². The van der Waals surface area contributed by atoms with E-state index in [1.165, 1.54) is 16.7 Å². The van der Waals surface area contributed by atoms with Crippen molar-refractivity contribution in [2.75, 3.05) is 13.7 Å². The lowest BCUT2D eigenvalue weighted by molar-refractivity contribution is -0.118. The van der Waals surface area contributed by atoms with Gasteiger partial charge in [-0.05, 0) is 60.2 Å². The Hall–Kier alpha value is -4.55. The van der Waals surface area contributed by atoms with Crippen LogP contribution in [0.25, 0.3) is 11.1 Å². The third-order valence-electron chi connectivity index (χ3n) is 7.23. The van der Waals surface area contributed by atoms with Gasteiger partial charge in [0, 0.05) is 5.92 Å². The topological polar surface area (TPSA) is 84.5 Å². The van der Waals surface area contributed by atoms with E-state index >= 15 is 0 Å². The van der Waals surface area contributed by atoms with E-state index in [1.807, 2.05) is 92.0 Å². The van der Waals surface area contributed by atoms with Gasteiger partial charge in [-0.1, -0.05) is 109 Å². The van der Waals surface area contributed by atoms with Gasteiger partial charge in [-0.2, -0.15) is 0 Å². The molecule has 6 heteroatoms. The molecule has 0 bridgehead atoms. The zero-order valence-electron chi connectivity index (χ0n) is 23.5. The molecule has 41 heavy (non-hydrogen) atoms. The minimum Gasteiger partial charge on any atom is -0.449 e. The number of nitrogens with one attached hydrogen (secondary N) is 2. The van der Waals surface area contributed by atoms with Gasteiger partial charge >= 0.3 is 6.09 Å². The van der Waals surface area contributed by atoms with Crippen LogP contribution in [0, 0.1) is 0 Å². The summed E-state index contributed by atoms with van der Waals surface area (Å²) in [7, 11) is 1.81. The van der Waals surface area contributed by atoms with E-state index in [0.717, 1.165) is 29.4 Å². The molecule has 0 unspecified atom stereocenters.